The largest absolute Gasteiger partial charge is 0.332 e. The van der Waals surface area contributed by atoms with Gasteiger partial charge in [-0.1, -0.05) is 60.7 Å². The normalized spacial score (nSPS) is 11.7. The zero-order valence-electron chi connectivity index (χ0n) is 19.0. The molecule has 0 spiro atoms. The summed E-state index contributed by atoms with van der Waals surface area (Å²) in [5, 5.41) is 5.74. The van der Waals surface area contributed by atoms with Crippen molar-refractivity contribution in [2.24, 2.45) is 14.1 Å². The maximum atomic E-state index is 13.4. The van der Waals surface area contributed by atoms with Crippen LogP contribution in [0.4, 0.5) is 0 Å². The van der Waals surface area contributed by atoms with E-state index in [1.807, 2.05) is 61.5 Å². The lowest BCUT2D eigenvalue weighted by Crippen LogP contribution is -2.37. The van der Waals surface area contributed by atoms with Gasteiger partial charge in [0.2, 0.25) is 5.95 Å². The highest BCUT2D eigenvalue weighted by molar-refractivity contribution is 5.83. The van der Waals surface area contributed by atoms with E-state index in [0.717, 1.165) is 15.5 Å². The lowest BCUT2D eigenvalue weighted by atomic mass is 10.1. The lowest BCUT2D eigenvalue weighted by Gasteiger charge is -2.10. The first-order chi connectivity index (χ1) is 16.4. The summed E-state index contributed by atoms with van der Waals surface area (Å²) in [6.07, 6.45) is 3.80. The number of nitrogens with zero attached hydrogens (tertiary/aromatic N) is 6. The summed E-state index contributed by atoms with van der Waals surface area (Å²) in [6, 6.07) is 16.9. The van der Waals surface area contributed by atoms with E-state index in [0.29, 0.717) is 11.1 Å². The van der Waals surface area contributed by atoms with Crippen molar-refractivity contribution in [3.8, 4) is 5.95 Å². The van der Waals surface area contributed by atoms with Gasteiger partial charge in [0.05, 0.1) is 11.1 Å². The minimum Gasteiger partial charge on any atom is -0.298 e. The van der Waals surface area contributed by atoms with Gasteiger partial charge in [0, 0.05) is 26.0 Å². The van der Waals surface area contributed by atoms with Gasteiger partial charge in [-0.3, -0.25) is 23.3 Å². The molecule has 0 N–H and O–H groups in total. The van der Waals surface area contributed by atoms with Crippen LogP contribution in [-0.2, 0) is 20.6 Å². The van der Waals surface area contributed by atoms with Crippen molar-refractivity contribution in [3.05, 3.63) is 103 Å². The molecule has 0 aliphatic carbocycles. The molecule has 34 heavy (non-hydrogen) atoms. The van der Waals surface area contributed by atoms with E-state index in [1.54, 1.807) is 23.7 Å². The van der Waals surface area contributed by atoms with Crippen LogP contribution < -0.4 is 16.8 Å². The molecule has 3 heterocycles. The zero-order valence-corrected chi connectivity index (χ0v) is 19.0. The quantitative estimate of drug-likeness (QED) is 0.415. The van der Waals surface area contributed by atoms with Crippen molar-refractivity contribution in [1.29, 1.82) is 0 Å². The second kappa shape index (κ2) is 8.11. The van der Waals surface area contributed by atoms with Crippen LogP contribution in [0.15, 0.2) is 75.1 Å². The minimum atomic E-state index is -0.497. The smallest absolute Gasteiger partial charge is 0.298 e. The van der Waals surface area contributed by atoms with Crippen LogP contribution in [-0.4, -0.2) is 28.5 Å². The molecule has 9 heteroatoms. The van der Waals surface area contributed by atoms with Gasteiger partial charge in [0.15, 0.2) is 11.2 Å². The number of aryl methyl sites for hydroxylation is 2. The van der Waals surface area contributed by atoms with Crippen molar-refractivity contribution < 1.29 is 0 Å². The first kappa shape index (κ1) is 21.3. The Morgan fingerprint density at radius 3 is 2.26 bits per heavy atom. The molecule has 2 aromatic carbocycles. The average Bonchev–Trinajstić information content (AvgIpc) is 3.23. The Morgan fingerprint density at radius 1 is 0.853 bits per heavy atom. The van der Waals surface area contributed by atoms with Gasteiger partial charge in [-0.05, 0) is 18.6 Å². The summed E-state index contributed by atoms with van der Waals surface area (Å²) in [6.45, 7) is 2.06. The molecule has 0 saturated carbocycles. The van der Waals surface area contributed by atoms with E-state index in [1.165, 1.54) is 16.3 Å². The summed E-state index contributed by atoms with van der Waals surface area (Å²) in [5.41, 5.74) is 0.708. The van der Waals surface area contributed by atoms with Crippen LogP contribution >= 0.6 is 0 Å². The van der Waals surface area contributed by atoms with Gasteiger partial charge in [0.25, 0.3) is 11.1 Å². The minimum absolute atomic E-state index is 0.171. The summed E-state index contributed by atoms with van der Waals surface area (Å²) < 4.78 is 5.17. The van der Waals surface area contributed by atoms with Crippen molar-refractivity contribution in [3.63, 3.8) is 0 Å². The Kier molecular flexibility index (Phi) is 5.09. The Bertz CT molecular complexity index is 1770. The molecule has 0 aliphatic heterocycles. The van der Waals surface area contributed by atoms with Crippen LogP contribution in [0.25, 0.3) is 34.0 Å². The summed E-state index contributed by atoms with van der Waals surface area (Å²) in [7, 11) is 2.97. The van der Waals surface area contributed by atoms with E-state index in [9.17, 15) is 14.4 Å². The molecular formula is C25H22N6O3. The van der Waals surface area contributed by atoms with Crippen LogP contribution in [0.2, 0.25) is 0 Å². The molecule has 0 unspecified atom stereocenters. The van der Waals surface area contributed by atoms with Crippen LogP contribution in [0.3, 0.4) is 0 Å². The topological polar surface area (TPSA) is 96.7 Å². The number of hydrogen-bond acceptors (Lipinski definition) is 5. The van der Waals surface area contributed by atoms with Gasteiger partial charge >= 0.3 is 5.69 Å². The molecule has 0 amide bonds. The first-order valence-corrected chi connectivity index (χ1v) is 10.8. The number of hydrogen-bond donors (Lipinski definition) is 0. The lowest BCUT2D eigenvalue weighted by molar-refractivity contribution is 0.688. The third kappa shape index (κ3) is 3.29. The van der Waals surface area contributed by atoms with E-state index in [-0.39, 0.29) is 29.2 Å². The fourth-order valence-electron chi connectivity index (χ4n) is 4.11. The van der Waals surface area contributed by atoms with Gasteiger partial charge in [0.1, 0.15) is 0 Å². The summed E-state index contributed by atoms with van der Waals surface area (Å²) in [5.74, 6) is 0.171. The zero-order chi connectivity index (χ0) is 24.0. The molecule has 0 radical (unpaired) electrons. The van der Waals surface area contributed by atoms with E-state index in [2.05, 4.69) is 10.1 Å². The molecule has 0 saturated heterocycles. The Morgan fingerprint density at radius 2 is 1.53 bits per heavy atom. The van der Waals surface area contributed by atoms with Crippen LogP contribution in [0.5, 0.6) is 0 Å². The van der Waals surface area contributed by atoms with Gasteiger partial charge in [-0.15, -0.1) is 0 Å². The molecule has 3 aromatic heterocycles. The number of imidazole rings is 1. The fraction of sp³-hybridized carbons (Fsp3) is 0.160. The van der Waals surface area contributed by atoms with Gasteiger partial charge in [-0.25, -0.2) is 4.79 Å². The SMILES string of the molecule is Cc1nn(-c2nc3c(c(=O)n(C)c(=O)n3C)n2CC=Cc2ccccc2)c(=O)c2ccccc12. The Labute approximate surface area is 193 Å². The van der Waals surface area contributed by atoms with E-state index >= 15 is 0 Å². The predicted octanol–water partition coefficient (Wildman–Crippen LogP) is 2.15. The molecule has 9 nitrogen and oxygen atoms in total. The summed E-state index contributed by atoms with van der Waals surface area (Å²) >= 11 is 0. The van der Waals surface area contributed by atoms with E-state index in [4.69, 9.17) is 0 Å². The average molecular weight is 454 g/mol. The Hall–Kier alpha value is -4.53. The van der Waals surface area contributed by atoms with Crippen LogP contribution in [0.1, 0.15) is 11.3 Å². The third-order valence-corrected chi connectivity index (χ3v) is 5.90. The van der Waals surface area contributed by atoms with Crippen molar-refractivity contribution >= 4 is 28.0 Å². The maximum absolute atomic E-state index is 13.4. The second-order valence-corrected chi connectivity index (χ2v) is 8.06. The number of benzene rings is 2. The Balaban J connectivity index is 1.81. The van der Waals surface area contributed by atoms with Crippen molar-refractivity contribution in [1.82, 2.24) is 28.5 Å². The third-order valence-electron chi connectivity index (χ3n) is 5.90. The molecule has 170 valence electrons. The molecule has 0 aliphatic rings. The highest BCUT2D eigenvalue weighted by atomic mass is 16.2. The highest BCUT2D eigenvalue weighted by Gasteiger charge is 2.22. The van der Waals surface area contributed by atoms with Crippen molar-refractivity contribution in [2.45, 2.75) is 13.5 Å². The number of rotatable bonds is 4. The molecule has 5 aromatic rings. The molecule has 0 bridgehead atoms. The van der Waals surface area contributed by atoms with Gasteiger partial charge < -0.3 is 0 Å². The van der Waals surface area contributed by atoms with E-state index < -0.39 is 11.2 Å². The fourth-order valence-corrected chi connectivity index (χ4v) is 4.11. The second-order valence-electron chi connectivity index (χ2n) is 8.06. The highest BCUT2D eigenvalue weighted by Crippen LogP contribution is 2.17. The maximum Gasteiger partial charge on any atom is 0.332 e. The molecule has 0 atom stereocenters. The number of allylic oxidation sites excluding steroid dienone is 1. The standard InChI is InChI=1S/C25H22N6O3/c1-16-18-13-7-8-14-19(18)22(32)31(27-16)24-26-21-20(23(33)29(3)25(34)28(21)2)30(24)15-9-12-17-10-5-4-6-11-17/h4-14H,15H2,1-3H3. The van der Waals surface area contributed by atoms with Crippen molar-refractivity contribution in [2.75, 3.05) is 0 Å². The molecule has 0 fully saturated rings. The predicted molar refractivity (Wildman–Crippen MR) is 131 cm³/mol. The van der Waals surface area contributed by atoms with Gasteiger partial charge in [-0.2, -0.15) is 14.8 Å². The monoisotopic (exact) mass is 454 g/mol. The number of fused-ring (bicyclic) bond motifs is 2. The first-order valence-electron chi connectivity index (χ1n) is 10.8. The number of aromatic nitrogens is 6. The summed E-state index contributed by atoms with van der Waals surface area (Å²) in [4.78, 5) is 43.6. The molecule has 5 rings (SSSR count). The molecular weight excluding hydrogens is 432 g/mol. The van der Waals surface area contributed by atoms with Crippen LogP contribution in [0, 0.1) is 6.92 Å².